The standard InChI is InChI=1S/C30H28N2OS/c1-21-13-15-22(16-14-21)20-34-29-31-27-25-12-6-5-9-23(25)19-30(17-7-8-18-30)26(27)28(33)32(29)24-10-3-2-4-11-24/h2-6,9-16H,7-8,17-20H2,1H3. The van der Waals surface area contributed by atoms with Gasteiger partial charge in [-0.2, -0.15) is 0 Å². The molecule has 2 aliphatic carbocycles. The van der Waals surface area contributed by atoms with E-state index in [2.05, 4.69) is 55.5 Å². The highest BCUT2D eigenvalue weighted by Crippen LogP contribution is 2.50. The quantitative estimate of drug-likeness (QED) is 0.244. The first-order chi connectivity index (χ1) is 16.6. The van der Waals surface area contributed by atoms with Crippen molar-refractivity contribution >= 4 is 11.8 Å². The summed E-state index contributed by atoms with van der Waals surface area (Å²) in [5.41, 5.74) is 7.69. The normalized spacial score (nSPS) is 15.8. The molecule has 1 heterocycles. The fraction of sp³-hybridized carbons (Fsp3) is 0.267. The molecule has 2 aliphatic rings. The summed E-state index contributed by atoms with van der Waals surface area (Å²) in [6.45, 7) is 2.10. The monoisotopic (exact) mass is 464 g/mol. The maximum atomic E-state index is 14.4. The van der Waals surface area contributed by atoms with Gasteiger partial charge in [0.25, 0.3) is 5.56 Å². The molecule has 1 saturated carbocycles. The average molecular weight is 465 g/mol. The summed E-state index contributed by atoms with van der Waals surface area (Å²) in [6.07, 6.45) is 5.43. The third-order valence-electron chi connectivity index (χ3n) is 7.45. The van der Waals surface area contributed by atoms with Gasteiger partial charge in [0.15, 0.2) is 5.16 Å². The Bertz CT molecular complexity index is 1400. The Morgan fingerprint density at radius 2 is 1.62 bits per heavy atom. The van der Waals surface area contributed by atoms with E-state index < -0.39 is 0 Å². The van der Waals surface area contributed by atoms with Gasteiger partial charge in [-0.1, -0.05) is 96.9 Å². The summed E-state index contributed by atoms with van der Waals surface area (Å²) in [5, 5.41) is 0.764. The van der Waals surface area contributed by atoms with Crippen LogP contribution in [0.15, 0.2) is 88.8 Å². The van der Waals surface area contributed by atoms with Crippen molar-refractivity contribution in [3.05, 3.63) is 111 Å². The van der Waals surface area contributed by atoms with Crippen molar-refractivity contribution in [1.29, 1.82) is 0 Å². The van der Waals surface area contributed by atoms with Gasteiger partial charge in [0.2, 0.25) is 0 Å². The fourth-order valence-electron chi connectivity index (χ4n) is 5.75. The number of rotatable bonds is 4. The Kier molecular flexibility index (Phi) is 5.41. The summed E-state index contributed by atoms with van der Waals surface area (Å²) < 4.78 is 1.87. The molecule has 3 nitrogen and oxygen atoms in total. The first kappa shape index (κ1) is 21.4. The van der Waals surface area contributed by atoms with E-state index in [1.165, 1.54) is 29.5 Å². The molecule has 0 amide bonds. The SMILES string of the molecule is Cc1ccc(CSc2nc3c(c(=O)n2-c2ccccc2)C2(CCCC2)Cc2ccccc2-3)cc1. The second kappa shape index (κ2) is 8.59. The molecule has 0 bridgehead atoms. The smallest absolute Gasteiger partial charge is 0.263 e. The van der Waals surface area contributed by atoms with Crippen LogP contribution in [0.5, 0.6) is 0 Å². The van der Waals surface area contributed by atoms with Gasteiger partial charge in [-0.15, -0.1) is 0 Å². The molecule has 1 fully saturated rings. The molecule has 0 radical (unpaired) electrons. The maximum Gasteiger partial charge on any atom is 0.263 e. The molecule has 34 heavy (non-hydrogen) atoms. The molecule has 3 aromatic carbocycles. The zero-order chi connectivity index (χ0) is 23.1. The van der Waals surface area contributed by atoms with Gasteiger partial charge in [0.05, 0.1) is 16.9 Å². The number of para-hydroxylation sites is 1. The van der Waals surface area contributed by atoms with E-state index in [-0.39, 0.29) is 11.0 Å². The molecular weight excluding hydrogens is 436 g/mol. The summed E-state index contributed by atoms with van der Waals surface area (Å²) in [4.78, 5) is 19.6. The van der Waals surface area contributed by atoms with Crippen molar-refractivity contribution in [3.8, 4) is 16.9 Å². The minimum absolute atomic E-state index is 0.0928. The molecule has 0 atom stereocenters. The third-order valence-corrected chi connectivity index (χ3v) is 8.46. The van der Waals surface area contributed by atoms with Crippen LogP contribution in [-0.4, -0.2) is 9.55 Å². The topological polar surface area (TPSA) is 34.9 Å². The van der Waals surface area contributed by atoms with Crippen molar-refractivity contribution in [1.82, 2.24) is 9.55 Å². The molecule has 170 valence electrons. The van der Waals surface area contributed by atoms with E-state index in [0.717, 1.165) is 52.7 Å². The van der Waals surface area contributed by atoms with Crippen LogP contribution in [0.25, 0.3) is 16.9 Å². The number of hydrogen-bond donors (Lipinski definition) is 0. The van der Waals surface area contributed by atoms with Crippen molar-refractivity contribution in [3.63, 3.8) is 0 Å². The van der Waals surface area contributed by atoms with E-state index in [4.69, 9.17) is 4.98 Å². The van der Waals surface area contributed by atoms with Crippen molar-refractivity contribution in [2.45, 2.75) is 55.4 Å². The van der Waals surface area contributed by atoms with Crippen LogP contribution in [0, 0.1) is 6.92 Å². The lowest BCUT2D eigenvalue weighted by atomic mass is 9.68. The van der Waals surface area contributed by atoms with Crippen molar-refractivity contribution < 1.29 is 0 Å². The van der Waals surface area contributed by atoms with Gasteiger partial charge in [0, 0.05) is 16.7 Å². The Labute approximate surface area is 204 Å². The van der Waals surface area contributed by atoms with Crippen LogP contribution >= 0.6 is 11.8 Å². The van der Waals surface area contributed by atoms with E-state index in [0.29, 0.717) is 0 Å². The molecule has 0 aliphatic heterocycles. The van der Waals surface area contributed by atoms with Crippen molar-refractivity contribution in [2.75, 3.05) is 0 Å². The predicted octanol–water partition coefficient (Wildman–Crippen LogP) is 6.87. The highest BCUT2D eigenvalue weighted by molar-refractivity contribution is 7.98. The van der Waals surface area contributed by atoms with Gasteiger partial charge in [-0.05, 0) is 49.4 Å². The molecule has 6 rings (SSSR count). The molecule has 0 unspecified atom stereocenters. The number of thioether (sulfide) groups is 1. The van der Waals surface area contributed by atoms with Crippen LogP contribution in [-0.2, 0) is 17.6 Å². The molecule has 0 N–H and O–H groups in total. The van der Waals surface area contributed by atoms with Gasteiger partial charge in [-0.3, -0.25) is 9.36 Å². The third kappa shape index (κ3) is 3.61. The van der Waals surface area contributed by atoms with Crippen LogP contribution in [0.1, 0.15) is 47.9 Å². The Morgan fingerprint density at radius 3 is 2.38 bits per heavy atom. The van der Waals surface area contributed by atoms with Crippen LogP contribution in [0.4, 0.5) is 0 Å². The van der Waals surface area contributed by atoms with E-state index >= 15 is 0 Å². The second-order valence-electron chi connectivity index (χ2n) is 9.69. The number of aromatic nitrogens is 2. The van der Waals surface area contributed by atoms with Crippen molar-refractivity contribution in [2.24, 2.45) is 0 Å². The summed E-state index contributed by atoms with van der Waals surface area (Å²) in [5.74, 6) is 0.769. The van der Waals surface area contributed by atoms with E-state index in [1.807, 2.05) is 34.9 Å². The molecule has 4 aromatic rings. The number of hydrogen-bond acceptors (Lipinski definition) is 3. The molecule has 1 aromatic heterocycles. The number of nitrogens with zero attached hydrogens (tertiary/aromatic N) is 2. The predicted molar refractivity (Wildman–Crippen MR) is 140 cm³/mol. The molecule has 4 heteroatoms. The highest BCUT2D eigenvalue weighted by atomic mass is 32.2. The molecule has 0 saturated heterocycles. The number of benzene rings is 3. The molecular formula is C30H28N2OS. The Hall–Kier alpha value is -3.11. The first-order valence-electron chi connectivity index (χ1n) is 12.1. The Balaban J connectivity index is 1.56. The summed E-state index contributed by atoms with van der Waals surface area (Å²) in [6, 6.07) is 27.2. The van der Waals surface area contributed by atoms with Gasteiger partial charge < -0.3 is 0 Å². The number of aryl methyl sites for hydroxylation is 1. The van der Waals surface area contributed by atoms with E-state index in [1.54, 1.807) is 11.8 Å². The lowest BCUT2D eigenvalue weighted by Crippen LogP contribution is -2.40. The van der Waals surface area contributed by atoms with E-state index in [9.17, 15) is 4.79 Å². The minimum atomic E-state index is -0.0928. The zero-order valence-corrected chi connectivity index (χ0v) is 20.3. The molecule has 1 spiro atoms. The lowest BCUT2D eigenvalue weighted by molar-refractivity contribution is 0.422. The Morgan fingerprint density at radius 1 is 0.912 bits per heavy atom. The maximum absolute atomic E-state index is 14.4. The summed E-state index contributed by atoms with van der Waals surface area (Å²) >= 11 is 1.65. The van der Waals surface area contributed by atoms with Gasteiger partial charge in [0.1, 0.15) is 0 Å². The van der Waals surface area contributed by atoms with Gasteiger partial charge >= 0.3 is 0 Å². The average Bonchev–Trinajstić information content (AvgIpc) is 3.32. The highest BCUT2D eigenvalue weighted by Gasteiger charge is 2.44. The lowest BCUT2D eigenvalue weighted by Gasteiger charge is -2.36. The zero-order valence-electron chi connectivity index (χ0n) is 19.5. The largest absolute Gasteiger partial charge is 0.268 e. The number of fused-ring (bicyclic) bond motifs is 4. The second-order valence-corrected chi connectivity index (χ2v) is 10.6. The van der Waals surface area contributed by atoms with Crippen LogP contribution in [0.2, 0.25) is 0 Å². The summed E-state index contributed by atoms with van der Waals surface area (Å²) in [7, 11) is 0. The van der Waals surface area contributed by atoms with Crippen LogP contribution in [0.3, 0.4) is 0 Å². The minimum Gasteiger partial charge on any atom is -0.268 e. The first-order valence-corrected chi connectivity index (χ1v) is 13.1. The fourth-order valence-corrected chi connectivity index (χ4v) is 6.71. The van der Waals surface area contributed by atoms with Gasteiger partial charge in [-0.25, -0.2) is 4.98 Å². The van der Waals surface area contributed by atoms with Crippen LogP contribution < -0.4 is 5.56 Å².